The summed E-state index contributed by atoms with van der Waals surface area (Å²) in [5, 5.41) is 3.09. The van der Waals surface area contributed by atoms with Gasteiger partial charge in [0.15, 0.2) is 0 Å². The van der Waals surface area contributed by atoms with Crippen LogP contribution in [0.25, 0.3) is 0 Å². The number of carbonyl (C=O) groups excluding carboxylic acids is 1. The first-order chi connectivity index (χ1) is 13.0. The highest BCUT2D eigenvalue weighted by atomic mass is 32.2. The van der Waals surface area contributed by atoms with E-state index < -0.39 is 0 Å². The van der Waals surface area contributed by atoms with E-state index in [4.69, 9.17) is 0 Å². The Labute approximate surface area is 167 Å². The van der Waals surface area contributed by atoms with E-state index in [1.807, 2.05) is 11.8 Å². The van der Waals surface area contributed by atoms with Crippen LogP contribution in [0.5, 0.6) is 0 Å². The van der Waals surface area contributed by atoms with Crippen molar-refractivity contribution in [1.29, 1.82) is 0 Å². The van der Waals surface area contributed by atoms with Crippen LogP contribution in [0.1, 0.15) is 34.2 Å². The van der Waals surface area contributed by atoms with Crippen molar-refractivity contribution >= 4 is 23.4 Å². The van der Waals surface area contributed by atoms with Crippen molar-refractivity contribution in [3.05, 3.63) is 64.2 Å². The van der Waals surface area contributed by atoms with Gasteiger partial charge in [0.2, 0.25) is 5.91 Å². The molecule has 1 aliphatic heterocycles. The Morgan fingerprint density at radius 1 is 1.04 bits per heavy atom. The van der Waals surface area contributed by atoms with Gasteiger partial charge in [-0.15, -0.1) is 0 Å². The van der Waals surface area contributed by atoms with Crippen molar-refractivity contribution in [1.82, 2.24) is 4.90 Å². The number of hydrogen-bond acceptors (Lipinski definition) is 3. The number of anilines is 1. The summed E-state index contributed by atoms with van der Waals surface area (Å²) in [7, 11) is 0. The van der Waals surface area contributed by atoms with Gasteiger partial charge in [-0.2, -0.15) is 11.8 Å². The summed E-state index contributed by atoms with van der Waals surface area (Å²) in [6, 6.07) is 12.8. The predicted molar refractivity (Wildman–Crippen MR) is 117 cm³/mol. The molecule has 1 fully saturated rings. The highest BCUT2D eigenvalue weighted by molar-refractivity contribution is 7.99. The highest BCUT2D eigenvalue weighted by Gasteiger charge is 2.12. The molecule has 1 N–H and O–H groups in total. The number of carbonyl (C=O) groups is 1. The van der Waals surface area contributed by atoms with Crippen molar-refractivity contribution < 1.29 is 4.79 Å². The molecule has 3 nitrogen and oxygen atoms in total. The fourth-order valence-electron chi connectivity index (χ4n) is 3.57. The first-order valence-corrected chi connectivity index (χ1v) is 10.9. The lowest BCUT2D eigenvalue weighted by Gasteiger charge is -2.26. The predicted octanol–water partition coefficient (Wildman–Crippen LogP) is 4.73. The summed E-state index contributed by atoms with van der Waals surface area (Å²) in [6.45, 7) is 9.63. The lowest BCUT2D eigenvalue weighted by Crippen LogP contribution is -2.31. The molecular formula is C23H30N2OS. The smallest absolute Gasteiger partial charge is 0.224 e. The normalized spacial score (nSPS) is 14.9. The average Bonchev–Trinajstić information content (AvgIpc) is 2.64. The highest BCUT2D eigenvalue weighted by Crippen LogP contribution is 2.20. The first-order valence-electron chi connectivity index (χ1n) is 9.77. The maximum atomic E-state index is 12.4. The number of rotatable bonds is 6. The second kappa shape index (κ2) is 9.43. The van der Waals surface area contributed by atoms with Crippen molar-refractivity contribution in [2.24, 2.45) is 0 Å². The molecule has 0 radical (unpaired) electrons. The van der Waals surface area contributed by atoms with E-state index in [1.165, 1.54) is 46.8 Å². The molecule has 2 aromatic carbocycles. The molecule has 1 aliphatic rings. The number of hydrogen-bond donors (Lipinski definition) is 1. The van der Waals surface area contributed by atoms with Crippen LogP contribution in [-0.4, -0.2) is 35.4 Å². The van der Waals surface area contributed by atoms with Gasteiger partial charge in [0, 0.05) is 43.2 Å². The molecule has 3 rings (SSSR count). The zero-order valence-corrected chi connectivity index (χ0v) is 17.5. The maximum Gasteiger partial charge on any atom is 0.224 e. The summed E-state index contributed by atoms with van der Waals surface area (Å²) in [6.07, 6.45) is 1.29. The van der Waals surface area contributed by atoms with Crippen molar-refractivity contribution in [2.75, 3.05) is 29.9 Å². The largest absolute Gasteiger partial charge is 0.326 e. The van der Waals surface area contributed by atoms with E-state index >= 15 is 0 Å². The molecule has 27 heavy (non-hydrogen) atoms. The molecule has 2 aromatic rings. The van der Waals surface area contributed by atoms with Gasteiger partial charge in [0.1, 0.15) is 0 Å². The Morgan fingerprint density at radius 3 is 2.52 bits per heavy atom. The van der Waals surface area contributed by atoms with Gasteiger partial charge in [-0.1, -0.05) is 35.9 Å². The molecule has 144 valence electrons. The standard InChI is InChI=1S/C23H30N2OS/c1-17-4-6-21(18(2)14-17)7-9-23(26)24-22-8-5-20(15-19(22)3)16-25-10-12-27-13-11-25/h4-6,8,14-15H,7,9-13,16H2,1-3H3,(H,24,26). The maximum absolute atomic E-state index is 12.4. The van der Waals surface area contributed by atoms with Crippen LogP contribution < -0.4 is 5.32 Å². The summed E-state index contributed by atoms with van der Waals surface area (Å²) in [5.41, 5.74) is 7.17. The van der Waals surface area contributed by atoms with Gasteiger partial charge in [-0.25, -0.2) is 0 Å². The SMILES string of the molecule is Cc1ccc(CCC(=O)Nc2ccc(CN3CCSCC3)cc2C)c(C)c1. The van der Waals surface area contributed by atoms with Gasteiger partial charge < -0.3 is 5.32 Å². The fraction of sp³-hybridized carbons (Fsp3) is 0.435. The van der Waals surface area contributed by atoms with Crippen LogP contribution in [0.4, 0.5) is 5.69 Å². The van der Waals surface area contributed by atoms with Crippen LogP contribution in [-0.2, 0) is 17.8 Å². The number of nitrogens with zero attached hydrogens (tertiary/aromatic N) is 1. The molecule has 1 amide bonds. The van der Waals surface area contributed by atoms with Crippen LogP contribution in [0.2, 0.25) is 0 Å². The molecule has 0 saturated carbocycles. The Morgan fingerprint density at radius 2 is 1.81 bits per heavy atom. The minimum atomic E-state index is 0.0823. The Kier molecular flexibility index (Phi) is 6.97. The lowest BCUT2D eigenvalue weighted by atomic mass is 10.0. The van der Waals surface area contributed by atoms with E-state index in [0.29, 0.717) is 6.42 Å². The second-order valence-corrected chi connectivity index (χ2v) is 8.74. The summed E-state index contributed by atoms with van der Waals surface area (Å²) in [4.78, 5) is 14.9. The first kappa shape index (κ1) is 20.0. The van der Waals surface area contributed by atoms with Gasteiger partial charge in [-0.3, -0.25) is 9.69 Å². The van der Waals surface area contributed by atoms with Crippen molar-refractivity contribution in [3.8, 4) is 0 Å². The van der Waals surface area contributed by atoms with E-state index in [1.54, 1.807) is 0 Å². The van der Waals surface area contributed by atoms with Gasteiger partial charge >= 0.3 is 0 Å². The number of aryl methyl sites for hydroxylation is 4. The Bertz CT molecular complexity index is 797. The van der Waals surface area contributed by atoms with Gasteiger partial charge in [0.25, 0.3) is 0 Å². The molecule has 0 spiro atoms. The number of amides is 1. The van der Waals surface area contributed by atoms with Crippen LogP contribution in [0.3, 0.4) is 0 Å². The van der Waals surface area contributed by atoms with Crippen LogP contribution in [0.15, 0.2) is 36.4 Å². The molecule has 1 saturated heterocycles. The lowest BCUT2D eigenvalue weighted by molar-refractivity contribution is -0.116. The fourth-order valence-corrected chi connectivity index (χ4v) is 4.55. The molecule has 0 aliphatic carbocycles. The third kappa shape index (κ3) is 5.85. The van der Waals surface area contributed by atoms with E-state index in [2.05, 4.69) is 67.4 Å². The Hall–Kier alpha value is -1.78. The minimum Gasteiger partial charge on any atom is -0.326 e. The number of nitrogens with one attached hydrogen (secondary N) is 1. The summed E-state index contributed by atoms with van der Waals surface area (Å²) in [5.74, 6) is 2.54. The van der Waals surface area contributed by atoms with Crippen LogP contribution >= 0.6 is 11.8 Å². The quantitative estimate of drug-likeness (QED) is 0.784. The van der Waals surface area contributed by atoms with E-state index in [0.717, 1.165) is 24.2 Å². The number of benzene rings is 2. The average molecular weight is 383 g/mol. The van der Waals surface area contributed by atoms with Crippen molar-refractivity contribution in [2.45, 2.75) is 40.2 Å². The van der Waals surface area contributed by atoms with Crippen molar-refractivity contribution in [3.63, 3.8) is 0 Å². The number of thioether (sulfide) groups is 1. The van der Waals surface area contributed by atoms with E-state index in [-0.39, 0.29) is 5.91 Å². The molecule has 0 unspecified atom stereocenters. The van der Waals surface area contributed by atoms with Gasteiger partial charge in [-0.05, 0) is 55.5 Å². The summed E-state index contributed by atoms with van der Waals surface area (Å²) < 4.78 is 0. The second-order valence-electron chi connectivity index (χ2n) is 7.52. The van der Waals surface area contributed by atoms with Crippen LogP contribution in [0, 0.1) is 20.8 Å². The molecule has 4 heteroatoms. The van der Waals surface area contributed by atoms with Gasteiger partial charge in [0.05, 0.1) is 0 Å². The molecule has 0 bridgehead atoms. The summed E-state index contributed by atoms with van der Waals surface area (Å²) >= 11 is 2.04. The molecular weight excluding hydrogens is 352 g/mol. The minimum absolute atomic E-state index is 0.0823. The third-order valence-electron chi connectivity index (χ3n) is 5.19. The Balaban J connectivity index is 1.54. The topological polar surface area (TPSA) is 32.3 Å². The monoisotopic (exact) mass is 382 g/mol. The van der Waals surface area contributed by atoms with E-state index in [9.17, 15) is 4.79 Å². The molecule has 1 heterocycles. The zero-order valence-electron chi connectivity index (χ0n) is 16.7. The molecule has 0 atom stereocenters. The zero-order chi connectivity index (χ0) is 19.2. The third-order valence-corrected chi connectivity index (χ3v) is 6.14. The molecule has 0 aromatic heterocycles.